The van der Waals surface area contributed by atoms with Crippen molar-refractivity contribution < 1.29 is 9.47 Å². The first-order chi connectivity index (χ1) is 8.81. The molecule has 0 spiro atoms. The molecule has 2 rings (SSSR count). The van der Waals surface area contributed by atoms with Crippen molar-refractivity contribution in [3.05, 3.63) is 23.4 Å². The molecule has 18 heavy (non-hydrogen) atoms. The molecular formula is C14H22N2O2. The summed E-state index contributed by atoms with van der Waals surface area (Å²) >= 11 is 0. The van der Waals surface area contributed by atoms with E-state index in [1.54, 1.807) is 0 Å². The monoisotopic (exact) mass is 250 g/mol. The molecular weight excluding hydrogens is 228 g/mol. The molecule has 2 heterocycles. The first-order valence-corrected chi connectivity index (χ1v) is 6.76. The average Bonchev–Trinajstić information content (AvgIpc) is 2.40. The molecule has 0 saturated carbocycles. The fourth-order valence-corrected chi connectivity index (χ4v) is 2.15. The second kappa shape index (κ2) is 6.71. The third-order valence-electron chi connectivity index (χ3n) is 3.11. The highest BCUT2D eigenvalue weighted by molar-refractivity contribution is 5.25. The molecule has 0 unspecified atom stereocenters. The zero-order valence-corrected chi connectivity index (χ0v) is 11.0. The van der Waals surface area contributed by atoms with E-state index in [0.717, 1.165) is 50.2 Å². The van der Waals surface area contributed by atoms with E-state index in [-0.39, 0.29) is 6.10 Å². The molecule has 0 amide bonds. The van der Waals surface area contributed by atoms with Crippen molar-refractivity contribution in [3.8, 4) is 5.88 Å². The lowest BCUT2D eigenvalue weighted by Gasteiger charge is -2.23. The third-order valence-corrected chi connectivity index (χ3v) is 3.11. The van der Waals surface area contributed by atoms with Gasteiger partial charge < -0.3 is 15.2 Å². The van der Waals surface area contributed by atoms with Gasteiger partial charge in [0.05, 0.1) is 13.2 Å². The van der Waals surface area contributed by atoms with Crippen molar-refractivity contribution >= 4 is 0 Å². The van der Waals surface area contributed by atoms with Gasteiger partial charge in [0.15, 0.2) is 0 Å². The molecule has 2 N–H and O–H groups in total. The van der Waals surface area contributed by atoms with Gasteiger partial charge in [-0.2, -0.15) is 0 Å². The number of rotatable bonds is 5. The van der Waals surface area contributed by atoms with Crippen molar-refractivity contribution in [1.82, 2.24) is 4.98 Å². The maximum atomic E-state index is 5.94. The molecule has 1 fully saturated rings. The molecule has 1 aliphatic rings. The van der Waals surface area contributed by atoms with E-state index in [9.17, 15) is 0 Å². The van der Waals surface area contributed by atoms with Crippen LogP contribution in [-0.4, -0.2) is 24.3 Å². The first-order valence-electron chi connectivity index (χ1n) is 6.76. The van der Waals surface area contributed by atoms with E-state index in [1.807, 2.05) is 6.07 Å². The van der Waals surface area contributed by atoms with Gasteiger partial charge in [0.25, 0.3) is 0 Å². The minimum absolute atomic E-state index is 0.230. The predicted molar refractivity (Wildman–Crippen MR) is 70.6 cm³/mol. The van der Waals surface area contributed by atoms with Gasteiger partial charge in [0.2, 0.25) is 5.88 Å². The molecule has 4 heteroatoms. The van der Waals surface area contributed by atoms with Gasteiger partial charge in [-0.25, -0.2) is 4.98 Å². The van der Waals surface area contributed by atoms with E-state index in [2.05, 4.69) is 18.0 Å². The van der Waals surface area contributed by atoms with Crippen molar-refractivity contribution in [2.75, 3.05) is 13.2 Å². The smallest absolute Gasteiger partial charge is 0.214 e. The van der Waals surface area contributed by atoms with E-state index < -0.39 is 0 Å². The van der Waals surface area contributed by atoms with E-state index in [0.29, 0.717) is 12.4 Å². The van der Waals surface area contributed by atoms with E-state index in [1.165, 1.54) is 0 Å². The molecule has 100 valence electrons. The van der Waals surface area contributed by atoms with Gasteiger partial charge in [-0.1, -0.05) is 13.3 Å². The van der Waals surface area contributed by atoms with Crippen molar-refractivity contribution in [2.45, 2.75) is 45.3 Å². The number of nitrogens with zero attached hydrogens (tertiary/aromatic N) is 1. The molecule has 0 atom stereocenters. The van der Waals surface area contributed by atoms with Gasteiger partial charge in [-0.15, -0.1) is 0 Å². The quantitative estimate of drug-likeness (QED) is 0.869. The fraction of sp³-hybridized carbons (Fsp3) is 0.643. The van der Waals surface area contributed by atoms with Gasteiger partial charge >= 0.3 is 0 Å². The number of aromatic nitrogens is 1. The van der Waals surface area contributed by atoms with Crippen molar-refractivity contribution in [1.29, 1.82) is 0 Å². The summed E-state index contributed by atoms with van der Waals surface area (Å²) in [5, 5.41) is 0. The Kier molecular flexibility index (Phi) is 4.96. The summed E-state index contributed by atoms with van der Waals surface area (Å²) in [5.74, 6) is 0.716. The van der Waals surface area contributed by atoms with Gasteiger partial charge in [-0.3, -0.25) is 0 Å². The van der Waals surface area contributed by atoms with Crippen LogP contribution in [0.25, 0.3) is 0 Å². The van der Waals surface area contributed by atoms with Crippen LogP contribution < -0.4 is 10.5 Å². The van der Waals surface area contributed by atoms with Crippen LogP contribution in [0.4, 0.5) is 0 Å². The number of aryl methyl sites for hydroxylation is 1. The van der Waals surface area contributed by atoms with Crippen molar-refractivity contribution in [3.63, 3.8) is 0 Å². The normalized spacial score (nSPS) is 16.8. The zero-order chi connectivity index (χ0) is 12.8. The highest BCUT2D eigenvalue weighted by Crippen LogP contribution is 2.19. The van der Waals surface area contributed by atoms with Crippen LogP contribution in [0.3, 0.4) is 0 Å². The van der Waals surface area contributed by atoms with E-state index in [4.69, 9.17) is 15.2 Å². The first kappa shape index (κ1) is 13.3. The molecule has 1 saturated heterocycles. The Morgan fingerprint density at radius 3 is 2.83 bits per heavy atom. The summed E-state index contributed by atoms with van der Waals surface area (Å²) in [4.78, 5) is 4.55. The Morgan fingerprint density at radius 2 is 2.17 bits per heavy atom. The Labute approximate surface area is 108 Å². The molecule has 4 nitrogen and oxygen atoms in total. The second-order valence-corrected chi connectivity index (χ2v) is 4.69. The summed E-state index contributed by atoms with van der Waals surface area (Å²) in [6.45, 7) is 4.24. The van der Waals surface area contributed by atoms with Gasteiger partial charge in [0, 0.05) is 31.1 Å². The minimum atomic E-state index is 0.230. The van der Waals surface area contributed by atoms with Crippen LogP contribution in [0.1, 0.15) is 37.4 Å². The van der Waals surface area contributed by atoms with Crippen LogP contribution in [0.15, 0.2) is 12.1 Å². The summed E-state index contributed by atoms with van der Waals surface area (Å²) in [5.41, 5.74) is 7.88. The Bertz CT molecular complexity index is 376. The highest BCUT2D eigenvalue weighted by Gasteiger charge is 2.16. The van der Waals surface area contributed by atoms with Crippen LogP contribution in [-0.2, 0) is 17.7 Å². The van der Waals surface area contributed by atoms with Crippen LogP contribution in [0.5, 0.6) is 5.88 Å². The largest absolute Gasteiger partial charge is 0.474 e. The van der Waals surface area contributed by atoms with Crippen molar-refractivity contribution in [2.24, 2.45) is 5.73 Å². The third kappa shape index (κ3) is 3.68. The molecule has 0 aromatic carbocycles. The number of pyridine rings is 1. The highest BCUT2D eigenvalue weighted by atomic mass is 16.5. The lowest BCUT2D eigenvalue weighted by molar-refractivity contribution is 0.0236. The number of hydrogen-bond donors (Lipinski definition) is 1. The van der Waals surface area contributed by atoms with Crippen LogP contribution in [0.2, 0.25) is 0 Å². The average molecular weight is 250 g/mol. The summed E-state index contributed by atoms with van der Waals surface area (Å²) in [6.07, 6.45) is 4.17. The van der Waals surface area contributed by atoms with Gasteiger partial charge in [0.1, 0.15) is 6.10 Å². The Balaban J connectivity index is 2.07. The summed E-state index contributed by atoms with van der Waals surface area (Å²) < 4.78 is 11.3. The van der Waals surface area contributed by atoms with Gasteiger partial charge in [-0.05, 0) is 18.1 Å². The molecule has 1 aromatic heterocycles. The number of hydrogen-bond acceptors (Lipinski definition) is 4. The predicted octanol–water partition coefficient (Wildman–Crippen LogP) is 2.05. The Hall–Kier alpha value is -1.13. The maximum absolute atomic E-state index is 5.94. The fourth-order valence-electron chi connectivity index (χ4n) is 2.15. The molecule has 0 aliphatic carbocycles. The minimum Gasteiger partial charge on any atom is -0.474 e. The number of ether oxygens (including phenoxy) is 2. The lowest BCUT2D eigenvalue weighted by atomic mass is 10.1. The Morgan fingerprint density at radius 1 is 1.39 bits per heavy atom. The molecule has 0 bridgehead atoms. The summed E-state index contributed by atoms with van der Waals surface area (Å²) in [7, 11) is 0. The van der Waals surface area contributed by atoms with E-state index >= 15 is 0 Å². The molecule has 1 aromatic rings. The maximum Gasteiger partial charge on any atom is 0.214 e. The topological polar surface area (TPSA) is 57.4 Å². The van der Waals surface area contributed by atoms with Crippen LogP contribution >= 0.6 is 0 Å². The standard InChI is InChI=1S/C14H22N2O2/c1-2-3-12-8-11(10-15)9-14(16-12)18-13-4-6-17-7-5-13/h8-9,13H,2-7,10,15H2,1H3. The second-order valence-electron chi connectivity index (χ2n) is 4.69. The molecule has 0 radical (unpaired) electrons. The summed E-state index contributed by atoms with van der Waals surface area (Å²) in [6, 6.07) is 4.02. The number of nitrogens with two attached hydrogens (primary N) is 1. The van der Waals surface area contributed by atoms with Crippen LogP contribution in [0, 0.1) is 0 Å². The molecule has 1 aliphatic heterocycles. The lowest BCUT2D eigenvalue weighted by Crippen LogP contribution is -2.26. The zero-order valence-electron chi connectivity index (χ0n) is 11.0. The SMILES string of the molecule is CCCc1cc(CN)cc(OC2CCOCC2)n1.